The predicted molar refractivity (Wildman–Crippen MR) is 64.9 cm³/mol. The van der Waals surface area contributed by atoms with Gasteiger partial charge in [-0.2, -0.15) is 0 Å². The van der Waals surface area contributed by atoms with Gasteiger partial charge >= 0.3 is 6.09 Å². The van der Waals surface area contributed by atoms with Crippen molar-refractivity contribution in [2.24, 2.45) is 5.73 Å². The Hall–Kier alpha value is -1.21. The molecule has 1 fully saturated rings. The van der Waals surface area contributed by atoms with Gasteiger partial charge in [-0.1, -0.05) is 0 Å². The van der Waals surface area contributed by atoms with Crippen LogP contribution in [-0.4, -0.2) is 35.7 Å². The molecule has 0 aliphatic carbocycles. The van der Waals surface area contributed by atoms with Crippen molar-refractivity contribution in [3.8, 4) is 12.8 Å². The van der Waals surface area contributed by atoms with E-state index in [0.29, 0.717) is 0 Å². The number of carbonyl (C=O) groups is 1. The maximum atomic E-state index is 11.6. The fourth-order valence-corrected chi connectivity index (χ4v) is 1.41. The zero-order chi connectivity index (χ0) is 12.8. The van der Waals surface area contributed by atoms with Crippen molar-refractivity contribution in [3.05, 3.63) is 0 Å². The molecule has 0 aromatic heterocycles. The molecular formula is C12H22N2O2. The molecule has 1 aliphatic heterocycles. The van der Waals surface area contributed by atoms with Crippen LogP contribution in [0.3, 0.4) is 0 Å². The second-order valence-electron chi connectivity index (χ2n) is 4.80. The molecule has 2 N–H and O–H groups in total. The average molecular weight is 226 g/mol. The highest BCUT2D eigenvalue weighted by Gasteiger charge is 2.25. The molecule has 16 heavy (non-hydrogen) atoms. The van der Waals surface area contributed by atoms with Crippen LogP contribution in [0, 0.1) is 12.8 Å². The molecule has 4 heteroatoms. The number of carbonyl (C=O) groups excluding carboxylic acids is 1. The van der Waals surface area contributed by atoms with Gasteiger partial charge in [0.25, 0.3) is 0 Å². The van der Waals surface area contributed by atoms with Gasteiger partial charge in [-0.05, 0) is 33.6 Å². The lowest BCUT2D eigenvalue weighted by Gasteiger charge is -2.32. The molecule has 0 radical (unpaired) electrons. The lowest BCUT2D eigenvalue weighted by atomic mass is 10.1. The SMILES string of the molecule is C#C.CC(C)(C)OC(=O)N1CCC(N)CC1. The minimum atomic E-state index is -0.406. The maximum absolute atomic E-state index is 11.6. The third kappa shape index (κ3) is 5.62. The molecular weight excluding hydrogens is 204 g/mol. The molecule has 1 heterocycles. The summed E-state index contributed by atoms with van der Waals surface area (Å²) in [5.74, 6) is 0. The number of hydrogen-bond acceptors (Lipinski definition) is 3. The molecule has 1 aliphatic rings. The summed E-state index contributed by atoms with van der Waals surface area (Å²) in [4.78, 5) is 13.3. The Morgan fingerprint density at radius 1 is 1.31 bits per heavy atom. The first-order valence-electron chi connectivity index (χ1n) is 5.45. The second kappa shape index (κ2) is 6.39. The molecule has 0 aromatic carbocycles. The van der Waals surface area contributed by atoms with Crippen LogP contribution in [0.2, 0.25) is 0 Å². The van der Waals surface area contributed by atoms with Crippen molar-refractivity contribution in [2.45, 2.75) is 45.3 Å². The number of amides is 1. The highest BCUT2D eigenvalue weighted by molar-refractivity contribution is 5.68. The number of hydrogen-bond donors (Lipinski definition) is 1. The van der Waals surface area contributed by atoms with Gasteiger partial charge in [-0.3, -0.25) is 0 Å². The van der Waals surface area contributed by atoms with E-state index in [9.17, 15) is 4.79 Å². The number of nitrogens with two attached hydrogens (primary N) is 1. The summed E-state index contributed by atoms with van der Waals surface area (Å²) >= 11 is 0. The molecule has 0 spiro atoms. The first-order valence-corrected chi connectivity index (χ1v) is 5.45. The highest BCUT2D eigenvalue weighted by Crippen LogP contribution is 2.14. The fourth-order valence-electron chi connectivity index (χ4n) is 1.41. The van der Waals surface area contributed by atoms with E-state index >= 15 is 0 Å². The normalized spacial score (nSPS) is 17.2. The number of likely N-dealkylation sites (tertiary alicyclic amines) is 1. The van der Waals surface area contributed by atoms with Crippen LogP contribution >= 0.6 is 0 Å². The van der Waals surface area contributed by atoms with E-state index in [1.807, 2.05) is 20.8 Å². The zero-order valence-corrected chi connectivity index (χ0v) is 10.4. The van der Waals surface area contributed by atoms with E-state index < -0.39 is 5.60 Å². The molecule has 1 amide bonds. The van der Waals surface area contributed by atoms with Gasteiger partial charge in [0, 0.05) is 19.1 Å². The summed E-state index contributed by atoms with van der Waals surface area (Å²) in [6.07, 6.45) is 9.53. The van der Waals surface area contributed by atoms with E-state index in [4.69, 9.17) is 10.5 Å². The van der Waals surface area contributed by atoms with Crippen molar-refractivity contribution >= 4 is 6.09 Å². The van der Waals surface area contributed by atoms with Crippen LogP contribution in [0.5, 0.6) is 0 Å². The summed E-state index contributed by atoms with van der Waals surface area (Å²) in [7, 11) is 0. The molecule has 0 saturated carbocycles. The Bertz CT molecular complexity index is 235. The van der Waals surface area contributed by atoms with Crippen LogP contribution in [-0.2, 0) is 4.74 Å². The van der Waals surface area contributed by atoms with E-state index in [1.54, 1.807) is 4.90 Å². The third-order valence-corrected chi connectivity index (χ3v) is 2.19. The fraction of sp³-hybridized carbons (Fsp3) is 0.750. The largest absolute Gasteiger partial charge is 0.444 e. The smallest absolute Gasteiger partial charge is 0.410 e. The number of ether oxygens (including phenoxy) is 1. The predicted octanol–water partition coefficient (Wildman–Crippen LogP) is 1.59. The van der Waals surface area contributed by atoms with Gasteiger partial charge < -0.3 is 15.4 Å². The van der Waals surface area contributed by atoms with Crippen molar-refractivity contribution in [3.63, 3.8) is 0 Å². The van der Waals surface area contributed by atoms with Crippen LogP contribution in [0.15, 0.2) is 0 Å². The van der Waals surface area contributed by atoms with Crippen molar-refractivity contribution in [1.82, 2.24) is 4.90 Å². The standard InChI is InChI=1S/C10H20N2O2.C2H2/c1-10(2,3)14-9(13)12-6-4-8(11)5-7-12;1-2/h8H,4-7,11H2,1-3H3;1-2H. The Morgan fingerprint density at radius 2 is 1.75 bits per heavy atom. The highest BCUT2D eigenvalue weighted by atomic mass is 16.6. The monoisotopic (exact) mass is 226 g/mol. The molecule has 0 atom stereocenters. The van der Waals surface area contributed by atoms with Gasteiger partial charge in [0.2, 0.25) is 0 Å². The van der Waals surface area contributed by atoms with Gasteiger partial charge in [0.05, 0.1) is 0 Å². The van der Waals surface area contributed by atoms with E-state index in [0.717, 1.165) is 25.9 Å². The average Bonchev–Trinajstić information content (AvgIpc) is 2.19. The Morgan fingerprint density at radius 3 is 2.12 bits per heavy atom. The lowest BCUT2D eigenvalue weighted by Crippen LogP contribution is -2.44. The first-order chi connectivity index (χ1) is 7.38. The van der Waals surface area contributed by atoms with Gasteiger partial charge in [-0.15, -0.1) is 12.8 Å². The number of nitrogens with zero attached hydrogens (tertiary/aromatic N) is 1. The second-order valence-corrected chi connectivity index (χ2v) is 4.80. The molecule has 0 bridgehead atoms. The number of rotatable bonds is 0. The van der Waals surface area contributed by atoms with Crippen LogP contribution in [0.25, 0.3) is 0 Å². The summed E-state index contributed by atoms with van der Waals surface area (Å²) < 4.78 is 5.26. The Labute approximate surface area is 98.1 Å². The van der Waals surface area contributed by atoms with E-state index in [2.05, 4.69) is 12.8 Å². The molecule has 92 valence electrons. The van der Waals surface area contributed by atoms with Crippen molar-refractivity contribution in [1.29, 1.82) is 0 Å². The minimum absolute atomic E-state index is 0.218. The minimum Gasteiger partial charge on any atom is -0.444 e. The summed E-state index contributed by atoms with van der Waals surface area (Å²) in [6.45, 7) is 7.06. The zero-order valence-electron chi connectivity index (χ0n) is 10.4. The topological polar surface area (TPSA) is 55.6 Å². The Kier molecular flexibility index (Phi) is 5.91. The summed E-state index contributed by atoms with van der Waals surface area (Å²) in [5, 5.41) is 0. The maximum Gasteiger partial charge on any atom is 0.410 e. The van der Waals surface area contributed by atoms with Crippen molar-refractivity contribution < 1.29 is 9.53 Å². The molecule has 0 unspecified atom stereocenters. The van der Waals surface area contributed by atoms with Crippen LogP contribution in [0.1, 0.15) is 33.6 Å². The first kappa shape index (κ1) is 14.8. The van der Waals surface area contributed by atoms with Gasteiger partial charge in [0.1, 0.15) is 5.60 Å². The van der Waals surface area contributed by atoms with Crippen LogP contribution in [0.4, 0.5) is 4.79 Å². The molecule has 1 saturated heterocycles. The van der Waals surface area contributed by atoms with Crippen molar-refractivity contribution in [2.75, 3.05) is 13.1 Å². The molecule has 4 nitrogen and oxygen atoms in total. The number of piperidine rings is 1. The van der Waals surface area contributed by atoms with Gasteiger partial charge in [0.15, 0.2) is 0 Å². The third-order valence-electron chi connectivity index (χ3n) is 2.19. The van der Waals surface area contributed by atoms with Gasteiger partial charge in [-0.25, -0.2) is 4.79 Å². The summed E-state index contributed by atoms with van der Waals surface area (Å²) in [5.41, 5.74) is 5.34. The summed E-state index contributed by atoms with van der Waals surface area (Å²) in [6, 6.07) is 0.244. The lowest BCUT2D eigenvalue weighted by molar-refractivity contribution is 0.0207. The van der Waals surface area contributed by atoms with E-state index in [1.165, 1.54) is 0 Å². The van der Waals surface area contributed by atoms with E-state index in [-0.39, 0.29) is 12.1 Å². The van der Waals surface area contributed by atoms with Crippen LogP contribution < -0.4 is 5.73 Å². The Balaban J connectivity index is 0.00000106. The number of terminal acetylenes is 1. The molecule has 1 rings (SSSR count). The molecule has 0 aromatic rings. The quantitative estimate of drug-likeness (QED) is 0.638.